The summed E-state index contributed by atoms with van der Waals surface area (Å²) >= 11 is 0. The van der Waals surface area contributed by atoms with E-state index < -0.39 is 0 Å². The van der Waals surface area contributed by atoms with Crippen LogP contribution in [0.1, 0.15) is 22.8 Å². The van der Waals surface area contributed by atoms with Crippen LogP contribution in [0.2, 0.25) is 0 Å². The summed E-state index contributed by atoms with van der Waals surface area (Å²) < 4.78 is 4.87. The highest BCUT2D eigenvalue weighted by Gasteiger charge is 2.09. The van der Waals surface area contributed by atoms with Crippen molar-refractivity contribution < 1.29 is 9.53 Å². The van der Waals surface area contributed by atoms with Crippen molar-refractivity contribution in [3.63, 3.8) is 0 Å². The summed E-state index contributed by atoms with van der Waals surface area (Å²) in [6.07, 6.45) is 0.980. The van der Waals surface area contributed by atoms with Crippen molar-refractivity contribution in [2.45, 2.75) is 13.3 Å². The highest BCUT2D eigenvalue weighted by molar-refractivity contribution is 6.08. The molecule has 0 heterocycles. The first-order valence-electron chi connectivity index (χ1n) is 4.99. The van der Waals surface area contributed by atoms with Gasteiger partial charge in [-0.3, -0.25) is 4.79 Å². The number of hydrogen-bond acceptors (Lipinski definition) is 2. The molecule has 0 saturated heterocycles. The fraction of sp³-hybridized carbons (Fsp3) is 0.308. The molecule has 0 aliphatic rings. The van der Waals surface area contributed by atoms with Crippen LogP contribution in [0.25, 0.3) is 0 Å². The highest BCUT2D eigenvalue weighted by atomic mass is 16.5. The van der Waals surface area contributed by atoms with E-state index in [4.69, 9.17) is 4.74 Å². The number of ether oxygens (including phenoxy) is 1. The molecule has 15 heavy (non-hydrogen) atoms. The number of benzene rings is 1. The average molecular weight is 204 g/mol. The number of carbonyl (C=O) groups excluding carboxylic acids is 1. The standard InChI is InChI=1S/C13H16O2/c1-4-11-5-7-12(8-6-11)13(14)10(2)9-15-3/h5-8H,2,4,9H2,1,3H3. The molecule has 1 aromatic rings. The van der Waals surface area contributed by atoms with E-state index in [9.17, 15) is 4.79 Å². The summed E-state index contributed by atoms with van der Waals surface area (Å²) in [6, 6.07) is 7.60. The van der Waals surface area contributed by atoms with Crippen LogP contribution in [0.5, 0.6) is 0 Å². The molecule has 0 aromatic heterocycles. The van der Waals surface area contributed by atoms with E-state index in [0.717, 1.165) is 6.42 Å². The van der Waals surface area contributed by atoms with E-state index in [0.29, 0.717) is 11.1 Å². The zero-order valence-corrected chi connectivity index (χ0v) is 9.25. The Hall–Kier alpha value is -1.41. The third kappa shape index (κ3) is 3.03. The summed E-state index contributed by atoms with van der Waals surface area (Å²) in [7, 11) is 1.55. The van der Waals surface area contributed by atoms with Gasteiger partial charge in [0.25, 0.3) is 0 Å². The number of aryl methyl sites for hydroxylation is 1. The zero-order valence-electron chi connectivity index (χ0n) is 9.25. The molecule has 0 atom stereocenters. The van der Waals surface area contributed by atoms with Crippen LogP contribution < -0.4 is 0 Å². The van der Waals surface area contributed by atoms with Gasteiger partial charge < -0.3 is 4.74 Å². The lowest BCUT2D eigenvalue weighted by Gasteiger charge is -2.04. The summed E-state index contributed by atoms with van der Waals surface area (Å²) in [5, 5.41) is 0. The van der Waals surface area contributed by atoms with Gasteiger partial charge in [0.15, 0.2) is 5.78 Å². The number of ketones is 1. The van der Waals surface area contributed by atoms with Crippen LogP contribution in [0, 0.1) is 0 Å². The molecule has 0 radical (unpaired) electrons. The zero-order chi connectivity index (χ0) is 11.3. The summed E-state index contributed by atoms with van der Waals surface area (Å²) in [4.78, 5) is 11.8. The predicted molar refractivity (Wildman–Crippen MR) is 61.2 cm³/mol. The van der Waals surface area contributed by atoms with Crippen LogP contribution in [-0.2, 0) is 11.2 Å². The summed E-state index contributed by atoms with van der Waals surface area (Å²) in [6.45, 7) is 6.06. The van der Waals surface area contributed by atoms with Gasteiger partial charge in [-0.15, -0.1) is 0 Å². The maximum atomic E-state index is 11.8. The Morgan fingerprint density at radius 2 is 1.93 bits per heavy atom. The molecular formula is C13H16O2. The molecule has 0 bridgehead atoms. The molecule has 0 fully saturated rings. The Labute approximate surface area is 90.6 Å². The molecule has 0 aliphatic carbocycles. The van der Waals surface area contributed by atoms with Crippen LogP contribution in [0.3, 0.4) is 0 Å². The molecule has 80 valence electrons. The molecule has 0 N–H and O–H groups in total. The Balaban J connectivity index is 2.78. The van der Waals surface area contributed by atoms with E-state index in [1.54, 1.807) is 7.11 Å². The molecular weight excluding hydrogens is 188 g/mol. The van der Waals surface area contributed by atoms with E-state index in [2.05, 4.69) is 13.5 Å². The average Bonchev–Trinajstić information content (AvgIpc) is 2.28. The van der Waals surface area contributed by atoms with Crippen LogP contribution >= 0.6 is 0 Å². The summed E-state index contributed by atoms with van der Waals surface area (Å²) in [5.41, 5.74) is 2.39. The lowest BCUT2D eigenvalue weighted by atomic mass is 10.0. The Bertz CT molecular complexity index is 349. The molecule has 2 heteroatoms. The molecule has 0 spiro atoms. The van der Waals surface area contributed by atoms with Crippen molar-refractivity contribution >= 4 is 5.78 Å². The van der Waals surface area contributed by atoms with Gasteiger partial charge in [-0.25, -0.2) is 0 Å². The van der Waals surface area contributed by atoms with Gasteiger partial charge in [0.2, 0.25) is 0 Å². The van der Waals surface area contributed by atoms with Gasteiger partial charge in [0.1, 0.15) is 0 Å². The van der Waals surface area contributed by atoms with Gasteiger partial charge in [-0.2, -0.15) is 0 Å². The predicted octanol–water partition coefficient (Wildman–Crippen LogP) is 2.63. The van der Waals surface area contributed by atoms with Crippen molar-refractivity contribution in [3.8, 4) is 0 Å². The second-order valence-electron chi connectivity index (χ2n) is 3.42. The van der Waals surface area contributed by atoms with E-state index in [1.165, 1.54) is 5.56 Å². The summed E-state index contributed by atoms with van der Waals surface area (Å²) in [5.74, 6) is -0.0421. The first-order valence-corrected chi connectivity index (χ1v) is 4.99. The van der Waals surface area contributed by atoms with Crippen molar-refractivity contribution in [1.82, 2.24) is 0 Å². The fourth-order valence-electron chi connectivity index (χ4n) is 1.34. The second kappa shape index (κ2) is 5.47. The van der Waals surface area contributed by atoms with Crippen molar-refractivity contribution in [2.75, 3.05) is 13.7 Å². The minimum Gasteiger partial charge on any atom is -0.380 e. The SMILES string of the molecule is C=C(COC)C(=O)c1ccc(CC)cc1. The quantitative estimate of drug-likeness (QED) is 0.544. The third-order valence-electron chi connectivity index (χ3n) is 2.26. The lowest BCUT2D eigenvalue weighted by molar-refractivity contribution is 0.101. The van der Waals surface area contributed by atoms with E-state index in [-0.39, 0.29) is 12.4 Å². The van der Waals surface area contributed by atoms with Gasteiger partial charge in [-0.05, 0) is 12.0 Å². The normalized spacial score (nSPS) is 10.0. The van der Waals surface area contributed by atoms with Crippen molar-refractivity contribution in [3.05, 3.63) is 47.5 Å². The van der Waals surface area contributed by atoms with Gasteiger partial charge in [0, 0.05) is 18.2 Å². The number of carbonyl (C=O) groups is 1. The fourth-order valence-corrected chi connectivity index (χ4v) is 1.34. The number of hydrogen-bond donors (Lipinski definition) is 0. The molecule has 1 aromatic carbocycles. The minimum atomic E-state index is -0.0421. The third-order valence-corrected chi connectivity index (χ3v) is 2.26. The molecule has 0 amide bonds. The van der Waals surface area contributed by atoms with Crippen LogP contribution in [0.15, 0.2) is 36.4 Å². The highest BCUT2D eigenvalue weighted by Crippen LogP contribution is 2.09. The van der Waals surface area contributed by atoms with E-state index >= 15 is 0 Å². The Kier molecular flexibility index (Phi) is 4.25. The van der Waals surface area contributed by atoms with Crippen molar-refractivity contribution in [2.24, 2.45) is 0 Å². The second-order valence-corrected chi connectivity index (χ2v) is 3.42. The molecule has 2 nitrogen and oxygen atoms in total. The van der Waals surface area contributed by atoms with Gasteiger partial charge >= 0.3 is 0 Å². The van der Waals surface area contributed by atoms with Crippen molar-refractivity contribution in [1.29, 1.82) is 0 Å². The molecule has 0 aliphatic heterocycles. The van der Waals surface area contributed by atoms with Gasteiger partial charge in [-0.1, -0.05) is 37.8 Å². The monoisotopic (exact) mass is 204 g/mol. The van der Waals surface area contributed by atoms with Crippen LogP contribution in [-0.4, -0.2) is 19.5 Å². The minimum absolute atomic E-state index is 0.0421. The Morgan fingerprint density at radius 3 is 2.40 bits per heavy atom. The van der Waals surface area contributed by atoms with Crippen LogP contribution in [0.4, 0.5) is 0 Å². The maximum absolute atomic E-state index is 11.8. The molecule has 0 unspecified atom stereocenters. The number of rotatable bonds is 5. The van der Waals surface area contributed by atoms with Gasteiger partial charge in [0.05, 0.1) is 6.61 Å². The number of methoxy groups -OCH3 is 1. The molecule has 0 saturated carbocycles. The Morgan fingerprint density at radius 1 is 1.33 bits per heavy atom. The smallest absolute Gasteiger partial charge is 0.190 e. The maximum Gasteiger partial charge on any atom is 0.190 e. The number of Topliss-reactive ketones (excluding diaryl/α,β-unsaturated/α-hetero) is 1. The first kappa shape index (κ1) is 11.7. The largest absolute Gasteiger partial charge is 0.380 e. The topological polar surface area (TPSA) is 26.3 Å². The lowest BCUT2D eigenvalue weighted by Crippen LogP contribution is -2.07. The molecule has 1 rings (SSSR count). The first-order chi connectivity index (χ1) is 7.19. The van der Waals surface area contributed by atoms with E-state index in [1.807, 2.05) is 24.3 Å².